The fourth-order valence-corrected chi connectivity index (χ4v) is 4.91. The van der Waals surface area contributed by atoms with Gasteiger partial charge in [0, 0.05) is 15.4 Å². The summed E-state index contributed by atoms with van der Waals surface area (Å²) in [4.78, 5) is 16.5. The molecule has 0 spiro atoms. The third-order valence-corrected chi connectivity index (χ3v) is 6.39. The van der Waals surface area contributed by atoms with Crippen molar-refractivity contribution in [2.75, 3.05) is 10.5 Å². The van der Waals surface area contributed by atoms with Gasteiger partial charge in [-0.15, -0.1) is 11.3 Å². The minimum Gasteiger partial charge on any atom is -0.491 e. The first-order valence-corrected chi connectivity index (χ1v) is 12.3. The molecule has 0 unspecified atom stereocenters. The Morgan fingerprint density at radius 1 is 1.13 bits per heavy atom. The number of benzene rings is 1. The fraction of sp³-hybridized carbons (Fsp3) is 0.318. The molecule has 1 aromatic carbocycles. The first kappa shape index (κ1) is 22.9. The normalized spacial score (nSPS) is 11.5. The molecule has 1 N–H and O–H groups in total. The lowest BCUT2D eigenvalue weighted by molar-refractivity contribution is -0.129. The van der Waals surface area contributed by atoms with E-state index in [0.29, 0.717) is 23.7 Å². The molecule has 3 aromatic rings. The largest absolute Gasteiger partial charge is 0.491 e. The molecule has 0 bridgehead atoms. The molecule has 166 valence electrons. The Hall–Kier alpha value is -2.78. The van der Waals surface area contributed by atoms with Crippen LogP contribution in [0.1, 0.15) is 29.4 Å². The van der Waals surface area contributed by atoms with Crippen molar-refractivity contribution < 1.29 is 22.4 Å². The summed E-state index contributed by atoms with van der Waals surface area (Å²) < 4.78 is 38.6. The monoisotopic (exact) mass is 462 g/mol. The smallest absolute Gasteiger partial charge is 0.241 e. The van der Waals surface area contributed by atoms with Crippen molar-refractivity contribution in [1.29, 1.82) is 0 Å². The van der Waals surface area contributed by atoms with E-state index in [-0.39, 0.29) is 12.6 Å². The molecule has 3 rings (SSSR count). The SMILES string of the molecule is Cc1ccc(CN(Cc2ccco2)C(=O)CS(=O)(=O)Nc2ccc(OC(C)C)cc2)s1. The van der Waals surface area contributed by atoms with Crippen molar-refractivity contribution in [2.24, 2.45) is 0 Å². The molecule has 1 amide bonds. The van der Waals surface area contributed by atoms with E-state index in [1.165, 1.54) is 11.2 Å². The third kappa shape index (κ3) is 7.15. The number of hydrogen-bond donors (Lipinski definition) is 1. The summed E-state index contributed by atoms with van der Waals surface area (Å²) in [6.45, 7) is 6.31. The van der Waals surface area contributed by atoms with Gasteiger partial charge >= 0.3 is 0 Å². The van der Waals surface area contributed by atoms with E-state index in [2.05, 4.69) is 4.72 Å². The standard InChI is InChI=1S/C22H26N2O5S2/c1-16(2)29-19-9-7-18(8-10-19)23-31(26,27)15-22(25)24(13-20-5-4-12-28-20)14-21-11-6-17(3)30-21/h4-12,16,23H,13-15H2,1-3H3. The minimum atomic E-state index is -3.89. The van der Waals surface area contributed by atoms with Gasteiger partial charge in [-0.2, -0.15) is 0 Å². The number of rotatable bonds is 10. The van der Waals surface area contributed by atoms with E-state index in [4.69, 9.17) is 9.15 Å². The van der Waals surface area contributed by atoms with Crippen LogP contribution < -0.4 is 9.46 Å². The van der Waals surface area contributed by atoms with Crippen LogP contribution in [0.2, 0.25) is 0 Å². The Labute approximate surface area is 186 Å². The van der Waals surface area contributed by atoms with Crippen LogP contribution in [-0.4, -0.2) is 31.1 Å². The quantitative estimate of drug-likeness (QED) is 0.482. The van der Waals surface area contributed by atoms with Gasteiger partial charge in [0.05, 0.1) is 25.5 Å². The molecule has 0 aliphatic heterocycles. The second-order valence-electron chi connectivity index (χ2n) is 7.39. The van der Waals surface area contributed by atoms with Crippen LogP contribution in [-0.2, 0) is 27.9 Å². The van der Waals surface area contributed by atoms with Gasteiger partial charge in [-0.1, -0.05) is 0 Å². The molecule has 0 saturated heterocycles. The summed E-state index contributed by atoms with van der Waals surface area (Å²) >= 11 is 1.57. The van der Waals surface area contributed by atoms with Gasteiger partial charge in [-0.3, -0.25) is 9.52 Å². The predicted molar refractivity (Wildman–Crippen MR) is 122 cm³/mol. The summed E-state index contributed by atoms with van der Waals surface area (Å²) in [6, 6.07) is 14.0. The number of amides is 1. The van der Waals surface area contributed by atoms with Crippen molar-refractivity contribution >= 4 is 33.0 Å². The zero-order valence-electron chi connectivity index (χ0n) is 17.7. The van der Waals surface area contributed by atoms with Crippen LogP contribution >= 0.6 is 11.3 Å². The van der Waals surface area contributed by atoms with E-state index in [0.717, 1.165) is 9.75 Å². The van der Waals surface area contributed by atoms with Gasteiger partial charge < -0.3 is 14.1 Å². The van der Waals surface area contributed by atoms with Gasteiger partial charge in [0.2, 0.25) is 15.9 Å². The van der Waals surface area contributed by atoms with Crippen molar-refractivity contribution in [3.05, 3.63) is 70.3 Å². The van der Waals surface area contributed by atoms with E-state index < -0.39 is 21.7 Å². The first-order chi connectivity index (χ1) is 14.7. The highest BCUT2D eigenvalue weighted by molar-refractivity contribution is 7.93. The average Bonchev–Trinajstić information content (AvgIpc) is 3.33. The lowest BCUT2D eigenvalue weighted by atomic mass is 10.3. The minimum absolute atomic E-state index is 0.0208. The zero-order chi connectivity index (χ0) is 22.4. The maximum atomic E-state index is 12.9. The highest BCUT2D eigenvalue weighted by Gasteiger charge is 2.23. The zero-order valence-corrected chi connectivity index (χ0v) is 19.3. The highest BCUT2D eigenvalue weighted by atomic mass is 32.2. The Balaban J connectivity index is 1.68. The number of hydrogen-bond acceptors (Lipinski definition) is 6. The topological polar surface area (TPSA) is 88.9 Å². The number of aryl methyl sites for hydroxylation is 1. The number of anilines is 1. The van der Waals surface area contributed by atoms with E-state index >= 15 is 0 Å². The van der Waals surface area contributed by atoms with Crippen LogP contribution in [0.3, 0.4) is 0 Å². The number of nitrogens with zero attached hydrogens (tertiary/aromatic N) is 1. The number of furan rings is 1. The molecular weight excluding hydrogens is 436 g/mol. The van der Waals surface area contributed by atoms with Crippen molar-refractivity contribution in [3.63, 3.8) is 0 Å². The maximum Gasteiger partial charge on any atom is 0.241 e. The van der Waals surface area contributed by atoms with Gasteiger partial charge in [-0.05, 0) is 69.3 Å². The number of carbonyl (C=O) groups is 1. The van der Waals surface area contributed by atoms with Crippen LogP contribution in [0.5, 0.6) is 5.75 Å². The summed E-state index contributed by atoms with van der Waals surface area (Å²) in [7, 11) is -3.89. The molecule has 0 aliphatic carbocycles. The molecule has 31 heavy (non-hydrogen) atoms. The molecule has 7 nitrogen and oxygen atoms in total. The predicted octanol–water partition coefficient (Wildman–Crippen LogP) is 4.41. The number of nitrogens with one attached hydrogen (secondary N) is 1. The van der Waals surface area contributed by atoms with Crippen LogP contribution in [0.4, 0.5) is 5.69 Å². The second-order valence-corrected chi connectivity index (χ2v) is 10.5. The molecule has 2 heterocycles. The molecule has 0 radical (unpaired) electrons. The fourth-order valence-electron chi connectivity index (χ4n) is 2.92. The highest BCUT2D eigenvalue weighted by Crippen LogP contribution is 2.20. The number of carbonyl (C=O) groups excluding carboxylic acids is 1. The lowest BCUT2D eigenvalue weighted by Crippen LogP contribution is -2.36. The van der Waals surface area contributed by atoms with Gasteiger partial charge in [-0.25, -0.2) is 8.42 Å². The summed E-state index contributed by atoms with van der Waals surface area (Å²) in [6.07, 6.45) is 1.55. The van der Waals surface area contributed by atoms with Gasteiger partial charge in [0.1, 0.15) is 17.3 Å². The Bertz CT molecular complexity index is 1090. The molecule has 0 fully saturated rings. The Morgan fingerprint density at radius 2 is 1.87 bits per heavy atom. The van der Waals surface area contributed by atoms with Crippen LogP contribution in [0.25, 0.3) is 0 Å². The number of sulfonamides is 1. The van der Waals surface area contributed by atoms with Gasteiger partial charge in [0.15, 0.2) is 0 Å². The van der Waals surface area contributed by atoms with Crippen LogP contribution in [0.15, 0.2) is 59.2 Å². The first-order valence-electron chi connectivity index (χ1n) is 9.83. The molecule has 0 atom stereocenters. The van der Waals surface area contributed by atoms with Crippen molar-refractivity contribution in [1.82, 2.24) is 4.90 Å². The molecule has 0 saturated carbocycles. The molecule has 2 aromatic heterocycles. The molecule has 9 heteroatoms. The number of thiophene rings is 1. The summed E-state index contributed by atoms with van der Waals surface area (Å²) in [5.41, 5.74) is 0.371. The lowest BCUT2D eigenvalue weighted by Gasteiger charge is -2.21. The van der Waals surface area contributed by atoms with Crippen molar-refractivity contribution in [2.45, 2.75) is 40.0 Å². The maximum absolute atomic E-state index is 12.9. The Morgan fingerprint density at radius 3 is 2.45 bits per heavy atom. The van der Waals surface area contributed by atoms with Crippen LogP contribution in [0, 0.1) is 6.92 Å². The molecular formula is C22H26N2O5S2. The summed E-state index contributed by atoms with van der Waals surface area (Å²) in [5, 5.41) is 0. The van der Waals surface area contributed by atoms with Gasteiger partial charge in [0.25, 0.3) is 0 Å². The van der Waals surface area contributed by atoms with E-state index in [9.17, 15) is 13.2 Å². The summed E-state index contributed by atoms with van der Waals surface area (Å²) in [5.74, 6) is 0.0646. The average molecular weight is 463 g/mol. The van der Waals surface area contributed by atoms with Crippen molar-refractivity contribution in [3.8, 4) is 5.75 Å². The van der Waals surface area contributed by atoms with E-state index in [1.807, 2.05) is 32.9 Å². The third-order valence-electron chi connectivity index (χ3n) is 4.24. The molecule has 0 aliphatic rings. The van der Waals surface area contributed by atoms with E-state index in [1.54, 1.807) is 47.7 Å². The number of ether oxygens (including phenoxy) is 1. The Kier molecular flexibility index (Phi) is 7.40. The second kappa shape index (κ2) is 10.0.